The standard InChI is InChI=1S/C17H25N3O2S/c1-12(2)6-5-7-13(3)20-17-15-10-14(23(4,21)22)8-9-16(15)18-11-19-17/h8-13H,5-7H2,1-4H3,(H,18,19,20). The van der Waals surface area contributed by atoms with Gasteiger partial charge in [0, 0.05) is 17.7 Å². The molecule has 0 spiro atoms. The summed E-state index contributed by atoms with van der Waals surface area (Å²) in [6, 6.07) is 5.23. The van der Waals surface area contributed by atoms with Gasteiger partial charge in [-0.25, -0.2) is 18.4 Å². The van der Waals surface area contributed by atoms with E-state index in [1.54, 1.807) is 18.2 Å². The second kappa shape index (κ2) is 7.25. The van der Waals surface area contributed by atoms with Gasteiger partial charge in [0.25, 0.3) is 0 Å². The third kappa shape index (κ3) is 4.89. The van der Waals surface area contributed by atoms with Crippen LogP contribution < -0.4 is 5.32 Å². The molecule has 2 aromatic rings. The molecule has 0 amide bonds. The Balaban J connectivity index is 2.23. The number of sulfone groups is 1. The third-order valence-corrected chi connectivity index (χ3v) is 4.95. The first-order chi connectivity index (χ1) is 10.8. The third-order valence-electron chi connectivity index (χ3n) is 3.84. The lowest BCUT2D eigenvalue weighted by molar-refractivity contribution is 0.520. The lowest BCUT2D eigenvalue weighted by Crippen LogP contribution is -2.16. The van der Waals surface area contributed by atoms with E-state index in [1.165, 1.54) is 19.0 Å². The molecule has 0 aliphatic carbocycles. The van der Waals surface area contributed by atoms with Gasteiger partial charge in [-0.05, 0) is 37.5 Å². The number of fused-ring (bicyclic) bond motifs is 1. The van der Waals surface area contributed by atoms with Crippen LogP contribution in [0.3, 0.4) is 0 Å². The molecular formula is C17H25N3O2S. The van der Waals surface area contributed by atoms with Gasteiger partial charge in [0.05, 0.1) is 10.4 Å². The van der Waals surface area contributed by atoms with Crippen LogP contribution in [0.25, 0.3) is 10.9 Å². The summed E-state index contributed by atoms with van der Waals surface area (Å²) in [5.41, 5.74) is 0.740. The van der Waals surface area contributed by atoms with Crippen molar-refractivity contribution < 1.29 is 8.42 Å². The predicted octanol–water partition coefficient (Wildman–Crippen LogP) is 3.66. The second-order valence-electron chi connectivity index (χ2n) is 6.54. The maximum atomic E-state index is 11.8. The maximum absolute atomic E-state index is 11.8. The zero-order valence-electron chi connectivity index (χ0n) is 14.2. The smallest absolute Gasteiger partial charge is 0.175 e. The van der Waals surface area contributed by atoms with Crippen molar-refractivity contribution in [3.05, 3.63) is 24.5 Å². The van der Waals surface area contributed by atoms with Crippen LogP contribution >= 0.6 is 0 Å². The van der Waals surface area contributed by atoms with Crippen molar-refractivity contribution in [1.82, 2.24) is 9.97 Å². The molecule has 5 nitrogen and oxygen atoms in total. The largest absolute Gasteiger partial charge is 0.367 e. The number of benzene rings is 1. The van der Waals surface area contributed by atoms with Crippen LogP contribution in [0.15, 0.2) is 29.4 Å². The van der Waals surface area contributed by atoms with Crippen molar-refractivity contribution in [2.45, 2.75) is 51.0 Å². The van der Waals surface area contributed by atoms with Gasteiger partial charge in [-0.15, -0.1) is 0 Å². The minimum Gasteiger partial charge on any atom is -0.367 e. The molecule has 1 aromatic heterocycles. The van der Waals surface area contributed by atoms with Gasteiger partial charge in [0.2, 0.25) is 0 Å². The summed E-state index contributed by atoms with van der Waals surface area (Å²) in [6.07, 6.45) is 6.12. The lowest BCUT2D eigenvalue weighted by Gasteiger charge is -2.16. The number of hydrogen-bond donors (Lipinski definition) is 1. The Hall–Kier alpha value is -1.69. The first-order valence-corrected chi connectivity index (χ1v) is 9.88. The molecule has 0 bridgehead atoms. The van der Waals surface area contributed by atoms with E-state index in [0.29, 0.717) is 11.7 Å². The monoisotopic (exact) mass is 335 g/mol. The Kier molecular flexibility index (Phi) is 5.57. The summed E-state index contributed by atoms with van der Waals surface area (Å²) in [5, 5.41) is 4.13. The Morgan fingerprint density at radius 1 is 1.13 bits per heavy atom. The Morgan fingerprint density at radius 2 is 1.87 bits per heavy atom. The van der Waals surface area contributed by atoms with Gasteiger partial charge < -0.3 is 5.32 Å². The molecule has 0 saturated carbocycles. The highest BCUT2D eigenvalue weighted by Crippen LogP contribution is 2.24. The highest BCUT2D eigenvalue weighted by Gasteiger charge is 2.12. The second-order valence-corrected chi connectivity index (χ2v) is 8.56. The van der Waals surface area contributed by atoms with E-state index in [-0.39, 0.29) is 10.9 Å². The molecular weight excluding hydrogens is 310 g/mol. The van der Waals surface area contributed by atoms with Crippen molar-refractivity contribution >= 4 is 26.6 Å². The molecule has 1 atom stereocenters. The average Bonchev–Trinajstić information content (AvgIpc) is 2.45. The molecule has 6 heteroatoms. The number of aromatic nitrogens is 2. The van der Waals surface area contributed by atoms with Crippen LogP contribution in [0.2, 0.25) is 0 Å². The average molecular weight is 335 g/mol. The SMILES string of the molecule is CC(C)CCCC(C)Nc1ncnc2ccc(S(C)(=O)=O)cc12. The fraction of sp³-hybridized carbons (Fsp3) is 0.529. The topological polar surface area (TPSA) is 72.0 Å². The molecule has 0 aliphatic heterocycles. The highest BCUT2D eigenvalue weighted by atomic mass is 32.2. The first-order valence-electron chi connectivity index (χ1n) is 7.98. The molecule has 1 aromatic carbocycles. The van der Waals surface area contributed by atoms with Crippen LogP contribution in [0.1, 0.15) is 40.0 Å². The van der Waals surface area contributed by atoms with Gasteiger partial charge in [0.15, 0.2) is 9.84 Å². The first kappa shape index (κ1) is 17.7. The van der Waals surface area contributed by atoms with E-state index in [4.69, 9.17) is 0 Å². The predicted molar refractivity (Wildman–Crippen MR) is 94.4 cm³/mol. The summed E-state index contributed by atoms with van der Waals surface area (Å²) >= 11 is 0. The lowest BCUT2D eigenvalue weighted by atomic mass is 10.0. The van der Waals surface area contributed by atoms with Gasteiger partial charge in [-0.2, -0.15) is 0 Å². The molecule has 0 aliphatic rings. The Morgan fingerprint density at radius 3 is 2.52 bits per heavy atom. The van der Waals surface area contributed by atoms with E-state index in [2.05, 4.69) is 36.1 Å². The minimum absolute atomic E-state index is 0.272. The van der Waals surface area contributed by atoms with Gasteiger partial charge in [0.1, 0.15) is 12.1 Å². The van der Waals surface area contributed by atoms with E-state index in [9.17, 15) is 8.42 Å². The van der Waals surface area contributed by atoms with Crippen molar-refractivity contribution in [2.24, 2.45) is 5.92 Å². The fourth-order valence-corrected chi connectivity index (χ4v) is 3.17. The van der Waals surface area contributed by atoms with E-state index < -0.39 is 9.84 Å². The Bertz CT molecular complexity index is 773. The number of nitrogens with one attached hydrogen (secondary N) is 1. The van der Waals surface area contributed by atoms with E-state index >= 15 is 0 Å². The summed E-state index contributed by atoms with van der Waals surface area (Å²) < 4.78 is 23.5. The van der Waals surface area contributed by atoms with E-state index in [0.717, 1.165) is 23.7 Å². The summed E-state index contributed by atoms with van der Waals surface area (Å²) in [6.45, 7) is 6.57. The van der Waals surface area contributed by atoms with Crippen molar-refractivity contribution in [1.29, 1.82) is 0 Å². The summed E-state index contributed by atoms with van der Waals surface area (Å²) in [5.74, 6) is 1.40. The van der Waals surface area contributed by atoms with Crippen molar-refractivity contribution in [2.75, 3.05) is 11.6 Å². The molecule has 1 N–H and O–H groups in total. The number of rotatable bonds is 7. The molecule has 1 heterocycles. The molecule has 0 radical (unpaired) electrons. The van der Waals surface area contributed by atoms with Crippen molar-refractivity contribution in [3.8, 4) is 0 Å². The normalized spacial score (nSPS) is 13.4. The van der Waals surface area contributed by atoms with Crippen LogP contribution in [-0.2, 0) is 9.84 Å². The van der Waals surface area contributed by atoms with Crippen molar-refractivity contribution in [3.63, 3.8) is 0 Å². The zero-order chi connectivity index (χ0) is 17.0. The molecule has 23 heavy (non-hydrogen) atoms. The maximum Gasteiger partial charge on any atom is 0.175 e. The van der Waals surface area contributed by atoms with Crippen LogP contribution in [0.5, 0.6) is 0 Å². The molecule has 1 unspecified atom stereocenters. The number of nitrogens with zero attached hydrogens (tertiary/aromatic N) is 2. The number of anilines is 1. The Labute approximate surface area is 138 Å². The highest BCUT2D eigenvalue weighted by molar-refractivity contribution is 7.90. The van der Waals surface area contributed by atoms with Gasteiger partial charge in [-0.1, -0.05) is 26.7 Å². The molecule has 0 saturated heterocycles. The quantitative estimate of drug-likeness (QED) is 0.836. The molecule has 0 fully saturated rings. The van der Waals surface area contributed by atoms with Crippen LogP contribution in [0, 0.1) is 5.92 Å². The van der Waals surface area contributed by atoms with E-state index in [1.807, 2.05) is 0 Å². The minimum atomic E-state index is -3.25. The zero-order valence-corrected chi connectivity index (χ0v) is 15.0. The summed E-state index contributed by atoms with van der Waals surface area (Å²) in [7, 11) is -3.25. The summed E-state index contributed by atoms with van der Waals surface area (Å²) in [4.78, 5) is 8.80. The van der Waals surface area contributed by atoms with Gasteiger partial charge >= 0.3 is 0 Å². The van der Waals surface area contributed by atoms with Gasteiger partial charge in [-0.3, -0.25) is 0 Å². The van der Waals surface area contributed by atoms with Crippen LogP contribution in [0.4, 0.5) is 5.82 Å². The molecule has 126 valence electrons. The number of hydrogen-bond acceptors (Lipinski definition) is 5. The molecule has 2 rings (SSSR count). The fourth-order valence-electron chi connectivity index (χ4n) is 2.52. The van der Waals surface area contributed by atoms with Crippen LogP contribution in [-0.4, -0.2) is 30.7 Å².